The number of aliphatic carboxylic acids is 1. The monoisotopic (exact) mass is 1660 g/mol. The molecule has 8 saturated heterocycles. The van der Waals surface area contributed by atoms with Crippen LogP contribution < -0.4 is 26.6 Å². The number of methoxy groups -OCH3 is 3. The molecule has 0 radical (unpaired) electrons. The molecule has 34 nitrogen and oxygen atoms in total. The molecule has 0 saturated carbocycles. The van der Waals surface area contributed by atoms with Gasteiger partial charge in [0.2, 0.25) is 53.7 Å². The summed E-state index contributed by atoms with van der Waals surface area (Å²) in [6.07, 6.45) is 13.7. The molecule has 8 aliphatic rings. The molecular formula is C78H104N12O22S3. The number of esters is 3. The molecule has 0 spiro atoms. The van der Waals surface area contributed by atoms with Gasteiger partial charge in [-0.15, -0.1) is 0 Å². The van der Waals surface area contributed by atoms with Crippen LogP contribution in [0.25, 0.3) is 0 Å². The van der Waals surface area contributed by atoms with Crippen molar-refractivity contribution in [1.29, 1.82) is 0 Å². The van der Waals surface area contributed by atoms with Crippen molar-refractivity contribution in [2.24, 2.45) is 0 Å². The Hall–Kier alpha value is -9.79. The quantitative estimate of drug-likeness (QED) is 0.0729. The number of hydrogen-bond acceptors (Lipinski definition) is 22. The third-order valence-corrected chi connectivity index (χ3v) is 25.5. The Balaban J connectivity index is 0.000000176. The van der Waals surface area contributed by atoms with Crippen LogP contribution >= 0.6 is 0 Å². The standard InChI is InChI=1S/2C20H27N3O6S.C19H25N3O6S.C19H25N3O4/c2*1-29-20(26)17-13-22(30(2,27)28)12-15-10-6-7-11-16(19(25)23(15)17)21-18(24)14-8-4-3-5-9-14;1-29(27,28)21-11-14-9-5-6-10-15(18(24)22(14)16(12-21)19(25)26)20-17(23)13-7-3-2-4-8-13;1-26-19(25)16-12-20-11-14-9-5-6-10-15(18(24)22(14)16)21-17(23)13-7-3-2-4-8-13/h2*3-5,8-9,15-17H,6-7,10-13H2,1-2H3,(H,21,24);2-4,7-8,14-16H,5-6,9-12H2,1H3,(H,20,23)(H,25,26);2-4,7-8,14-16,20H,5-6,9-12H2,1H3,(H,21,23)/t2*15-,16-,17-;2*14-,15-,16-/m0000/s1. The first-order chi connectivity index (χ1) is 54.7. The average molecular weight is 1660 g/mol. The average Bonchev–Trinajstić information content (AvgIpc) is 0.786. The van der Waals surface area contributed by atoms with E-state index in [0.29, 0.717) is 106 Å². The summed E-state index contributed by atoms with van der Waals surface area (Å²) in [6.45, 7) is 0.714. The summed E-state index contributed by atoms with van der Waals surface area (Å²) in [5.74, 6) is -5.87. The van der Waals surface area contributed by atoms with Gasteiger partial charge in [0.05, 0.1) is 40.1 Å². The maximum Gasteiger partial charge on any atom is 0.329 e. The number of sulfonamides is 3. The predicted octanol–water partition coefficient (Wildman–Crippen LogP) is 1.73. The van der Waals surface area contributed by atoms with Crippen LogP contribution in [-0.4, -0.2) is 299 Å². The zero-order valence-corrected chi connectivity index (χ0v) is 67.8. The van der Waals surface area contributed by atoms with Crippen LogP contribution in [0, 0.1) is 0 Å². The van der Waals surface area contributed by atoms with Gasteiger partial charge in [0, 0.05) is 98.8 Å². The van der Waals surface area contributed by atoms with E-state index in [4.69, 9.17) is 14.2 Å². The number of benzene rings is 4. The highest BCUT2D eigenvalue weighted by molar-refractivity contribution is 7.88. The fourth-order valence-electron chi connectivity index (χ4n) is 15.9. The van der Waals surface area contributed by atoms with E-state index in [1.54, 1.807) is 120 Å². The second-order valence-corrected chi connectivity index (χ2v) is 35.6. The van der Waals surface area contributed by atoms with Crippen molar-refractivity contribution in [1.82, 2.24) is 59.1 Å². The summed E-state index contributed by atoms with van der Waals surface area (Å²) in [4.78, 5) is 158. The maximum atomic E-state index is 13.4. The molecule has 12 atom stereocenters. The maximum absolute atomic E-state index is 13.4. The van der Waals surface area contributed by atoms with Crippen LogP contribution in [0.1, 0.15) is 144 Å². The number of piperazine rings is 4. The molecule has 12 rings (SSSR count). The fraction of sp³-hybridized carbons (Fsp3) is 0.538. The lowest BCUT2D eigenvalue weighted by molar-refractivity contribution is -0.159. The van der Waals surface area contributed by atoms with Crippen LogP contribution in [0.4, 0.5) is 0 Å². The summed E-state index contributed by atoms with van der Waals surface area (Å²) in [5, 5.41) is 24.1. The van der Waals surface area contributed by atoms with Crippen molar-refractivity contribution in [3.05, 3.63) is 144 Å². The minimum atomic E-state index is -3.59. The first-order valence-electron chi connectivity index (χ1n) is 38.5. The van der Waals surface area contributed by atoms with Gasteiger partial charge in [0.25, 0.3) is 23.6 Å². The topological polar surface area (TPSA) is 438 Å². The number of fused-ring (bicyclic) bond motifs is 4. The molecule has 0 aromatic heterocycles. The number of carboxylic acids is 1. The molecule has 115 heavy (non-hydrogen) atoms. The largest absolute Gasteiger partial charge is 0.480 e. The summed E-state index contributed by atoms with van der Waals surface area (Å²) in [5.41, 5.74) is 1.81. The van der Waals surface area contributed by atoms with E-state index in [1.807, 2.05) is 6.07 Å². The zero-order chi connectivity index (χ0) is 83.5. The molecule has 8 amide bonds. The van der Waals surface area contributed by atoms with Gasteiger partial charge in [-0.3, -0.25) is 38.4 Å². The van der Waals surface area contributed by atoms with Crippen molar-refractivity contribution in [3.8, 4) is 0 Å². The zero-order valence-electron chi connectivity index (χ0n) is 65.3. The van der Waals surface area contributed by atoms with E-state index < -0.39 is 132 Å². The van der Waals surface area contributed by atoms with Gasteiger partial charge in [0.15, 0.2) is 0 Å². The second-order valence-electron chi connectivity index (χ2n) is 29.7. The number of hydrogen-bond donors (Lipinski definition) is 6. The van der Waals surface area contributed by atoms with Gasteiger partial charge in [-0.2, -0.15) is 12.9 Å². The number of nitrogens with one attached hydrogen (secondary N) is 5. The summed E-state index contributed by atoms with van der Waals surface area (Å²) in [7, 11) is -6.92. The molecule has 37 heteroatoms. The smallest absolute Gasteiger partial charge is 0.329 e. The Kier molecular flexibility index (Phi) is 31.5. The number of carbonyl (C=O) groups is 12. The molecule has 8 fully saturated rings. The van der Waals surface area contributed by atoms with E-state index >= 15 is 0 Å². The van der Waals surface area contributed by atoms with E-state index in [0.717, 1.165) is 55.2 Å². The van der Waals surface area contributed by atoms with Crippen LogP contribution in [-0.2, 0) is 82.6 Å². The van der Waals surface area contributed by atoms with Gasteiger partial charge in [0.1, 0.15) is 48.3 Å². The highest BCUT2D eigenvalue weighted by Gasteiger charge is 2.51. The molecule has 626 valence electrons. The first-order valence-corrected chi connectivity index (χ1v) is 44.0. The van der Waals surface area contributed by atoms with Crippen LogP contribution in [0.15, 0.2) is 121 Å². The molecule has 8 heterocycles. The van der Waals surface area contributed by atoms with Gasteiger partial charge in [-0.1, -0.05) is 124 Å². The number of carboxylic acid groups (broad SMARTS) is 1. The molecular weight excluding hydrogens is 1550 g/mol. The number of ether oxygens (including phenoxy) is 3. The van der Waals surface area contributed by atoms with E-state index in [2.05, 4.69) is 26.6 Å². The lowest BCUT2D eigenvalue weighted by atomic mass is 9.94. The Morgan fingerprint density at radius 1 is 0.339 bits per heavy atom. The number of nitrogens with zero attached hydrogens (tertiary/aromatic N) is 7. The normalized spacial score (nSPS) is 25.9. The molecule has 0 unspecified atom stereocenters. The lowest BCUT2D eigenvalue weighted by Gasteiger charge is -2.46. The third kappa shape index (κ3) is 23.3. The Morgan fingerprint density at radius 3 is 0.835 bits per heavy atom. The fourth-order valence-corrected chi connectivity index (χ4v) is 18.4. The van der Waals surface area contributed by atoms with E-state index in [-0.39, 0.29) is 80.8 Å². The van der Waals surface area contributed by atoms with Crippen molar-refractivity contribution >= 4 is 101 Å². The summed E-state index contributed by atoms with van der Waals surface area (Å²) >= 11 is 0. The summed E-state index contributed by atoms with van der Waals surface area (Å²) in [6, 6.07) is 25.9. The molecule has 0 aliphatic carbocycles. The molecule has 0 bridgehead atoms. The minimum Gasteiger partial charge on any atom is -0.480 e. The Bertz CT molecular complexity index is 4330. The van der Waals surface area contributed by atoms with E-state index in [1.165, 1.54) is 44.6 Å². The first kappa shape index (κ1) is 89.1. The van der Waals surface area contributed by atoms with E-state index in [9.17, 15) is 87.9 Å². The van der Waals surface area contributed by atoms with Gasteiger partial charge >= 0.3 is 23.9 Å². The van der Waals surface area contributed by atoms with Crippen LogP contribution in [0.3, 0.4) is 0 Å². The second kappa shape index (κ2) is 40.7. The molecule has 4 aromatic carbocycles. The van der Waals surface area contributed by atoms with Gasteiger partial charge < -0.3 is 65.5 Å². The highest BCUT2D eigenvalue weighted by atomic mass is 32.2. The molecule has 8 aliphatic heterocycles. The Morgan fingerprint density at radius 2 is 0.574 bits per heavy atom. The minimum absolute atomic E-state index is 0.0585. The van der Waals surface area contributed by atoms with Gasteiger partial charge in [-0.25, -0.2) is 44.4 Å². The third-order valence-electron chi connectivity index (χ3n) is 21.8. The predicted molar refractivity (Wildman–Crippen MR) is 418 cm³/mol. The Labute approximate surface area is 670 Å². The van der Waals surface area contributed by atoms with Crippen molar-refractivity contribution in [2.45, 2.75) is 175 Å². The number of rotatable bonds is 15. The molecule has 6 N–H and O–H groups in total. The number of carbonyl (C=O) groups excluding carboxylic acids is 11. The van der Waals surface area contributed by atoms with Crippen molar-refractivity contribution in [2.75, 3.05) is 92.5 Å². The van der Waals surface area contributed by atoms with Crippen molar-refractivity contribution < 1.29 is 102 Å². The van der Waals surface area contributed by atoms with Crippen molar-refractivity contribution in [3.63, 3.8) is 0 Å². The van der Waals surface area contributed by atoms with Crippen LogP contribution in [0.5, 0.6) is 0 Å². The van der Waals surface area contributed by atoms with Crippen LogP contribution in [0.2, 0.25) is 0 Å². The highest BCUT2D eigenvalue weighted by Crippen LogP contribution is 2.32. The summed E-state index contributed by atoms with van der Waals surface area (Å²) < 4.78 is 90.7. The lowest BCUT2D eigenvalue weighted by Crippen LogP contribution is -2.67. The molecule has 4 aromatic rings. The SMILES string of the molecule is COC(=O)[C@@H]1CN(S(C)(=O)=O)C[C@@H]2CCCC[C@H](NC(=O)c3ccccc3)C(=O)N21.COC(=O)[C@@H]1CN(S(C)(=O)=O)C[C@@H]2CCCC[C@H](NC(=O)c3ccccc3)C(=O)N21.COC(=O)[C@@H]1CNC[C@@H]2CCCC[C@H](NC(=O)c3ccccc3)C(=O)N21.CS(=O)(=O)N1C[C@@H]2CCCC[C@H](NC(=O)c3ccccc3)C(=O)N2[C@H](C(=O)O)C1. The van der Waals surface area contributed by atoms with Gasteiger partial charge in [-0.05, 0) is 99.9 Å². The number of amides is 8.